The molecule has 0 heterocycles. The van der Waals surface area contributed by atoms with Gasteiger partial charge >= 0.3 is 5.97 Å². The first-order valence-corrected chi connectivity index (χ1v) is 8.60. The molecular weight excluding hydrogens is 348 g/mol. The molecule has 0 aliphatic heterocycles. The van der Waals surface area contributed by atoms with Crippen LogP contribution in [0.25, 0.3) is 0 Å². The van der Waals surface area contributed by atoms with E-state index in [1.54, 1.807) is 6.07 Å². The Balaban J connectivity index is 1.99. The van der Waals surface area contributed by atoms with Crippen molar-refractivity contribution in [3.05, 3.63) is 46.5 Å². The average molecular weight is 370 g/mol. The van der Waals surface area contributed by atoms with Crippen molar-refractivity contribution < 1.29 is 28.5 Å². The van der Waals surface area contributed by atoms with Crippen molar-refractivity contribution in [2.75, 3.05) is 21.3 Å². The lowest BCUT2D eigenvalue weighted by molar-refractivity contribution is 0.0732. The standard InChI is InChI=1S/C21H22O6/c1-11-6-7-15(19-14(22)8-12(2)18(11)19)27-21(23)13-9-16(24-3)20(26-5)17(10-13)25-4/h6-7,9-10,12H,8H2,1-5H3/t12-/m1/s1. The first-order valence-electron chi connectivity index (χ1n) is 8.60. The lowest BCUT2D eigenvalue weighted by Crippen LogP contribution is -2.12. The quantitative estimate of drug-likeness (QED) is 0.587. The summed E-state index contributed by atoms with van der Waals surface area (Å²) in [6.45, 7) is 3.96. The Morgan fingerprint density at radius 2 is 1.63 bits per heavy atom. The molecule has 27 heavy (non-hydrogen) atoms. The van der Waals surface area contributed by atoms with Crippen LogP contribution in [-0.4, -0.2) is 33.1 Å². The van der Waals surface area contributed by atoms with Gasteiger partial charge in [0.05, 0.1) is 32.5 Å². The predicted molar refractivity (Wildman–Crippen MR) is 99.6 cm³/mol. The van der Waals surface area contributed by atoms with E-state index < -0.39 is 5.97 Å². The van der Waals surface area contributed by atoms with Crippen LogP contribution in [0.4, 0.5) is 0 Å². The highest BCUT2D eigenvalue weighted by Crippen LogP contribution is 2.41. The first kappa shape index (κ1) is 18.8. The topological polar surface area (TPSA) is 71.1 Å². The van der Waals surface area contributed by atoms with Crippen LogP contribution in [0.1, 0.15) is 51.1 Å². The van der Waals surface area contributed by atoms with Crippen LogP contribution < -0.4 is 18.9 Å². The molecule has 0 bridgehead atoms. The van der Waals surface area contributed by atoms with E-state index in [1.165, 1.54) is 33.5 Å². The van der Waals surface area contributed by atoms with Gasteiger partial charge in [0.25, 0.3) is 0 Å². The van der Waals surface area contributed by atoms with E-state index >= 15 is 0 Å². The summed E-state index contributed by atoms with van der Waals surface area (Å²) in [6.07, 6.45) is 0.426. The lowest BCUT2D eigenvalue weighted by atomic mass is 9.97. The molecule has 6 heteroatoms. The maximum absolute atomic E-state index is 12.7. The summed E-state index contributed by atoms with van der Waals surface area (Å²) >= 11 is 0. The van der Waals surface area contributed by atoms with Gasteiger partial charge in [0, 0.05) is 6.42 Å². The van der Waals surface area contributed by atoms with Gasteiger partial charge in [-0.15, -0.1) is 0 Å². The zero-order valence-corrected chi connectivity index (χ0v) is 16.0. The number of methoxy groups -OCH3 is 3. The van der Waals surface area contributed by atoms with Crippen LogP contribution in [0.5, 0.6) is 23.0 Å². The van der Waals surface area contributed by atoms with Gasteiger partial charge in [0.1, 0.15) is 5.75 Å². The zero-order valence-electron chi connectivity index (χ0n) is 16.0. The minimum absolute atomic E-state index is 0.00566. The van der Waals surface area contributed by atoms with Crippen molar-refractivity contribution in [1.29, 1.82) is 0 Å². The molecule has 1 aliphatic rings. The molecule has 0 N–H and O–H groups in total. The summed E-state index contributed by atoms with van der Waals surface area (Å²) in [7, 11) is 4.43. The Hall–Kier alpha value is -3.02. The number of carbonyl (C=O) groups excluding carboxylic acids is 2. The number of aryl methyl sites for hydroxylation is 1. The molecular formula is C21H22O6. The number of ketones is 1. The monoisotopic (exact) mass is 370 g/mol. The Labute approximate surface area is 158 Å². The molecule has 0 radical (unpaired) electrons. The fourth-order valence-electron chi connectivity index (χ4n) is 3.55. The predicted octanol–water partition coefficient (Wildman–Crippen LogP) is 3.93. The number of benzene rings is 2. The van der Waals surface area contributed by atoms with Crippen LogP contribution in [0.3, 0.4) is 0 Å². The maximum atomic E-state index is 12.7. The van der Waals surface area contributed by atoms with Crippen molar-refractivity contribution in [1.82, 2.24) is 0 Å². The van der Waals surface area contributed by atoms with Gasteiger partial charge < -0.3 is 18.9 Å². The van der Waals surface area contributed by atoms with E-state index in [9.17, 15) is 9.59 Å². The van der Waals surface area contributed by atoms with Gasteiger partial charge in [-0.2, -0.15) is 0 Å². The summed E-state index contributed by atoms with van der Waals surface area (Å²) in [5.41, 5.74) is 2.71. The third-order valence-electron chi connectivity index (χ3n) is 4.79. The molecule has 6 nitrogen and oxygen atoms in total. The van der Waals surface area contributed by atoms with Crippen LogP contribution in [0, 0.1) is 6.92 Å². The number of hydrogen-bond acceptors (Lipinski definition) is 6. The minimum Gasteiger partial charge on any atom is -0.493 e. The highest BCUT2D eigenvalue weighted by molar-refractivity contribution is 6.05. The average Bonchev–Trinajstić information content (AvgIpc) is 2.97. The number of carbonyl (C=O) groups is 2. The molecule has 1 aliphatic carbocycles. The molecule has 0 unspecified atom stereocenters. The third-order valence-corrected chi connectivity index (χ3v) is 4.79. The van der Waals surface area contributed by atoms with E-state index in [1.807, 2.05) is 19.9 Å². The van der Waals surface area contributed by atoms with Gasteiger partial charge in [-0.25, -0.2) is 4.79 Å². The number of rotatable bonds is 5. The third kappa shape index (κ3) is 3.23. The Morgan fingerprint density at radius 1 is 1.00 bits per heavy atom. The molecule has 3 rings (SSSR count). The van der Waals surface area contributed by atoms with Crippen molar-refractivity contribution in [3.63, 3.8) is 0 Å². The molecule has 2 aromatic carbocycles. The summed E-state index contributed by atoms with van der Waals surface area (Å²) in [5.74, 6) is 0.875. The van der Waals surface area contributed by atoms with Gasteiger partial charge in [0.2, 0.25) is 5.75 Å². The first-order chi connectivity index (χ1) is 12.9. The Kier molecular flexibility index (Phi) is 5.08. The van der Waals surface area contributed by atoms with Gasteiger partial charge in [-0.1, -0.05) is 13.0 Å². The van der Waals surface area contributed by atoms with Crippen molar-refractivity contribution >= 4 is 11.8 Å². The highest BCUT2D eigenvalue weighted by Gasteiger charge is 2.32. The van der Waals surface area contributed by atoms with E-state index in [4.69, 9.17) is 18.9 Å². The van der Waals surface area contributed by atoms with E-state index in [0.717, 1.165) is 11.1 Å². The Morgan fingerprint density at radius 3 is 2.19 bits per heavy atom. The van der Waals surface area contributed by atoms with Crippen molar-refractivity contribution in [2.45, 2.75) is 26.2 Å². The Bertz CT molecular complexity index is 890. The van der Waals surface area contributed by atoms with Crippen molar-refractivity contribution in [3.8, 4) is 23.0 Å². The molecule has 0 aromatic heterocycles. The normalized spacial score (nSPS) is 15.3. The molecule has 0 saturated heterocycles. The summed E-state index contributed by atoms with van der Waals surface area (Å²) < 4.78 is 21.4. The second kappa shape index (κ2) is 7.31. The second-order valence-corrected chi connectivity index (χ2v) is 6.50. The van der Waals surface area contributed by atoms with Crippen LogP contribution >= 0.6 is 0 Å². The number of Topliss-reactive ketones (excluding diaryl/α,β-unsaturated/α-hetero) is 1. The molecule has 0 spiro atoms. The van der Waals surface area contributed by atoms with Crippen LogP contribution in [0.15, 0.2) is 24.3 Å². The van der Waals surface area contributed by atoms with Gasteiger partial charge in [-0.05, 0) is 42.2 Å². The fourth-order valence-corrected chi connectivity index (χ4v) is 3.55. The molecule has 0 saturated carbocycles. The van der Waals surface area contributed by atoms with Crippen LogP contribution in [-0.2, 0) is 0 Å². The molecule has 2 aromatic rings. The maximum Gasteiger partial charge on any atom is 0.343 e. The van der Waals surface area contributed by atoms with Gasteiger partial charge in [-0.3, -0.25) is 4.79 Å². The SMILES string of the molecule is COc1cc(C(=O)Oc2ccc(C)c3c2C(=O)C[C@H]3C)cc(OC)c1OC. The number of esters is 1. The minimum atomic E-state index is -0.604. The smallest absolute Gasteiger partial charge is 0.343 e. The van der Waals surface area contributed by atoms with E-state index in [-0.39, 0.29) is 23.0 Å². The number of hydrogen-bond donors (Lipinski definition) is 0. The van der Waals surface area contributed by atoms with Gasteiger partial charge in [0.15, 0.2) is 17.3 Å². The van der Waals surface area contributed by atoms with E-state index in [0.29, 0.717) is 29.2 Å². The summed E-state index contributed by atoms with van der Waals surface area (Å²) in [6, 6.07) is 6.57. The van der Waals surface area contributed by atoms with Crippen LogP contribution in [0.2, 0.25) is 0 Å². The lowest BCUT2D eigenvalue weighted by Gasteiger charge is -2.15. The zero-order chi connectivity index (χ0) is 19.7. The molecule has 0 fully saturated rings. The van der Waals surface area contributed by atoms with Crippen molar-refractivity contribution in [2.24, 2.45) is 0 Å². The highest BCUT2D eigenvalue weighted by atomic mass is 16.5. The second-order valence-electron chi connectivity index (χ2n) is 6.50. The molecule has 142 valence electrons. The fraction of sp³-hybridized carbons (Fsp3) is 0.333. The molecule has 1 atom stereocenters. The number of ether oxygens (including phenoxy) is 4. The molecule has 0 amide bonds. The number of fused-ring (bicyclic) bond motifs is 1. The summed E-state index contributed by atoms with van der Waals surface area (Å²) in [5, 5.41) is 0. The van der Waals surface area contributed by atoms with E-state index in [2.05, 4.69) is 0 Å². The summed E-state index contributed by atoms with van der Waals surface area (Å²) in [4.78, 5) is 25.1. The largest absolute Gasteiger partial charge is 0.493 e.